The SMILES string of the molecule is CCCN(CC(F)(F)F)C(=O)c1cccc(NC(C)C)n1. The van der Waals surface area contributed by atoms with Crippen molar-refractivity contribution in [2.45, 2.75) is 39.4 Å². The second-order valence-electron chi connectivity index (χ2n) is 5.05. The summed E-state index contributed by atoms with van der Waals surface area (Å²) in [6.07, 6.45) is -3.97. The van der Waals surface area contributed by atoms with Crippen molar-refractivity contribution in [3.8, 4) is 0 Å². The van der Waals surface area contributed by atoms with Gasteiger partial charge in [0.25, 0.3) is 5.91 Å². The number of hydrogen-bond acceptors (Lipinski definition) is 3. The fourth-order valence-corrected chi connectivity index (χ4v) is 1.83. The van der Waals surface area contributed by atoms with E-state index in [0.717, 1.165) is 4.90 Å². The predicted molar refractivity (Wildman–Crippen MR) is 75.2 cm³/mol. The number of rotatable bonds is 6. The van der Waals surface area contributed by atoms with E-state index in [1.807, 2.05) is 13.8 Å². The maximum atomic E-state index is 12.5. The van der Waals surface area contributed by atoms with E-state index >= 15 is 0 Å². The van der Waals surface area contributed by atoms with Crippen LogP contribution in [0.3, 0.4) is 0 Å². The van der Waals surface area contributed by atoms with Crippen LogP contribution in [0.4, 0.5) is 19.0 Å². The van der Waals surface area contributed by atoms with Crippen molar-refractivity contribution in [1.29, 1.82) is 0 Å². The Balaban J connectivity index is 2.92. The van der Waals surface area contributed by atoms with Gasteiger partial charge in [-0.05, 0) is 32.4 Å². The Hall–Kier alpha value is -1.79. The largest absolute Gasteiger partial charge is 0.406 e. The zero-order chi connectivity index (χ0) is 16.0. The van der Waals surface area contributed by atoms with Gasteiger partial charge < -0.3 is 10.2 Å². The summed E-state index contributed by atoms with van der Waals surface area (Å²) in [5, 5.41) is 3.02. The zero-order valence-corrected chi connectivity index (χ0v) is 12.4. The molecule has 0 fully saturated rings. The average molecular weight is 303 g/mol. The summed E-state index contributed by atoms with van der Waals surface area (Å²) in [5.74, 6) is -0.235. The van der Waals surface area contributed by atoms with E-state index in [9.17, 15) is 18.0 Å². The Labute approximate surface area is 122 Å². The number of alkyl halides is 3. The molecule has 0 saturated carbocycles. The van der Waals surface area contributed by atoms with Gasteiger partial charge in [-0.15, -0.1) is 0 Å². The Morgan fingerprint density at radius 2 is 2.05 bits per heavy atom. The number of aromatic nitrogens is 1. The third-order valence-electron chi connectivity index (χ3n) is 2.56. The minimum absolute atomic E-state index is 0.0124. The van der Waals surface area contributed by atoms with Crippen LogP contribution in [-0.2, 0) is 0 Å². The lowest BCUT2D eigenvalue weighted by Crippen LogP contribution is -2.39. The van der Waals surface area contributed by atoms with Crippen LogP contribution in [0.5, 0.6) is 0 Å². The second-order valence-corrected chi connectivity index (χ2v) is 5.05. The first-order valence-corrected chi connectivity index (χ1v) is 6.82. The molecular formula is C14H20F3N3O. The Morgan fingerprint density at radius 1 is 1.38 bits per heavy atom. The van der Waals surface area contributed by atoms with Crippen LogP contribution in [0.25, 0.3) is 0 Å². The molecule has 1 aromatic heterocycles. The summed E-state index contributed by atoms with van der Waals surface area (Å²) in [4.78, 5) is 17.0. The molecule has 0 bridgehead atoms. The molecule has 0 aromatic carbocycles. The molecule has 4 nitrogen and oxygen atoms in total. The number of carbonyl (C=O) groups excluding carboxylic acids is 1. The summed E-state index contributed by atoms with van der Waals surface area (Å²) in [7, 11) is 0. The van der Waals surface area contributed by atoms with Crippen molar-refractivity contribution in [2.24, 2.45) is 0 Å². The standard InChI is InChI=1S/C14H20F3N3O/c1-4-8-20(9-14(15,16)17)13(21)11-6-5-7-12(19-11)18-10(2)3/h5-7,10H,4,8-9H2,1-3H3,(H,18,19). The Kier molecular flexibility index (Phi) is 5.99. The number of hydrogen-bond donors (Lipinski definition) is 1. The van der Waals surface area contributed by atoms with E-state index in [0.29, 0.717) is 12.2 Å². The number of anilines is 1. The molecule has 118 valence electrons. The van der Waals surface area contributed by atoms with Crippen LogP contribution in [0, 0.1) is 0 Å². The maximum absolute atomic E-state index is 12.5. The van der Waals surface area contributed by atoms with E-state index in [2.05, 4.69) is 10.3 Å². The molecule has 0 aliphatic heterocycles. The first-order valence-electron chi connectivity index (χ1n) is 6.82. The zero-order valence-electron chi connectivity index (χ0n) is 12.4. The molecule has 0 saturated heterocycles. The van der Waals surface area contributed by atoms with Crippen LogP contribution in [-0.4, -0.2) is 41.1 Å². The van der Waals surface area contributed by atoms with Gasteiger partial charge in [-0.2, -0.15) is 13.2 Å². The minimum atomic E-state index is -4.42. The topological polar surface area (TPSA) is 45.2 Å². The van der Waals surface area contributed by atoms with Gasteiger partial charge in [-0.25, -0.2) is 4.98 Å². The smallest absolute Gasteiger partial charge is 0.368 e. The lowest BCUT2D eigenvalue weighted by molar-refractivity contribution is -0.140. The molecule has 0 unspecified atom stereocenters. The minimum Gasteiger partial charge on any atom is -0.368 e. The van der Waals surface area contributed by atoms with E-state index in [1.54, 1.807) is 19.1 Å². The van der Waals surface area contributed by atoms with Crippen molar-refractivity contribution in [3.63, 3.8) is 0 Å². The molecule has 7 heteroatoms. The summed E-state index contributed by atoms with van der Waals surface area (Å²) < 4.78 is 37.6. The van der Waals surface area contributed by atoms with Gasteiger partial charge in [0.1, 0.15) is 18.1 Å². The first-order chi connectivity index (χ1) is 9.73. The molecule has 0 radical (unpaired) electrons. The highest BCUT2D eigenvalue weighted by Crippen LogP contribution is 2.18. The van der Waals surface area contributed by atoms with E-state index in [4.69, 9.17) is 0 Å². The fourth-order valence-electron chi connectivity index (χ4n) is 1.83. The number of nitrogens with zero attached hydrogens (tertiary/aromatic N) is 2. The average Bonchev–Trinajstić information content (AvgIpc) is 2.35. The van der Waals surface area contributed by atoms with Gasteiger partial charge in [0.2, 0.25) is 0 Å². The fraction of sp³-hybridized carbons (Fsp3) is 0.571. The molecule has 1 rings (SSSR count). The van der Waals surface area contributed by atoms with Crippen LogP contribution >= 0.6 is 0 Å². The molecule has 0 aliphatic rings. The molecule has 1 heterocycles. The molecule has 0 aliphatic carbocycles. The first kappa shape index (κ1) is 17.3. The summed E-state index contributed by atoms with van der Waals surface area (Å²) >= 11 is 0. The lowest BCUT2D eigenvalue weighted by Gasteiger charge is -2.23. The highest BCUT2D eigenvalue weighted by molar-refractivity contribution is 5.92. The van der Waals surface area contributed by atoms with Crippen molar-refractivity contribution >= 4 is 11.7 Å². The van der Waals surface area contributed by atoms with Crippen molar-refractivity contribution in [2.75, 3.05) is 18.4 Å². The molecular weight excluding hydrogens is 283 g/mol. The molecule has 0 spiro atoms. The van der Waals surface area contributed by atoms with Gasteiger partial charge in [-0.1, -0.05) is 13.0 Å². The lowest BCUT2D eigenvalue weighted by atomic mass is 10.2. The quantitative estimate of drug-likeness (QED) is 0.877. The van der Waals surface area contributed by atoms with Gasteiger partial charge in [0, 0.05) is 12.6 Å². The van der Waals surface area contributed by atoms with Crippen molar-refractivity contribution in [1.82, 2.24) is 9.88 Å². The summed E-state index contributed by atoms with van der Waals surface area (Å²) in [6, 6.07) is 4.81. The molecule has 1 N–H and O–H groups in total. The number of nitrogens with one attached hydrogen (secondary N) is 1. The van der Waals surface area contributed by atoms with Crippen LogP contribution < -0.4 is 5.32 Å². The highest BCUT2D eigenvalue weighted by atomic mass is 19.4. The van der Waals surface area contributed by atoms with Gasteiger partial charge in [0.15, 0.2) is 0 Å². The van der Waals surface area contributed by atoms with E-state index in [-0.39, 0.29) is 18.3 Å². The summed E-state index contributed by atoms with van der Waals surface area (Å²) in [6.45, 7) is 4.32. The number of halogens is 3. The van der Waals surface area contributed by atoms with Crippen molar-refractivity contribution in [3.05, 3.63) is 23.9 Å². The van der Waals surface area contributed by atoms with Crippen molar-refractivity contribution < 1.29 is 18.0 Å². The third kappa shape index (κ3) is 6.01. The third-order valence-corrected chi connectivity index (χ3v) is 2.56. The van der Waals surface area contributed by atoms with Gasteiger partial charge >= 0.3 is 6.18 Å². The van der Waals surface area contributed by atoms with Crippen LogP contribution in [0.15, 0.2) is 18.2 Å². The maximum Gasteiger partial charge on any atom is 0.406 e. The highest BCUT2D eigenvalue weighted by Gasteiger charge is 2.33. The number of pyridine rings is 1. The number of amides is 1. The molecule has 1 amide bonds. The van der Waals surface area contributed by atoms with Gasteiger partial charge in [0.05, 0.1) is 0 Å². The predicted octanol–water partition coefficient (Wildman–Crippen LogP) is 3.32. The normalized spacial score (nSPS) is 11.6. The molecule has 21 heavy (non-hydrogen) atoms. The number of carbonyl (C=O) groups is 1. The van der Waals surface area contributed by atoms with E-state index < -0.39 is 18.6 Å². The Bertz CT molecular complexity index is 475. The summed E-state index contributed by atoms with van der Waals surface area (Å²) in [5.41, 5.74) is 0.0124. The monoisotopic (exact) mass is 303 g/mol. The van der Waals surface area contributed by atoms with Crippen LogP contribution in [0.1, 0.15) is 37.7 Å². The molecule has 0 atom stereocenters. The Morgan fingerprint density at radius 3 is 2.57 bits per heavy atom. The molecule has 1 aromatic rings. The second kappa shape index (κ2) is 7.28. The van der Waals surface area contributed by atoms with Crippen LogP contribution in [0.2, 0.25) is 0 Å². The van der Waals surface area contributed by atoms with Gasteiger partial charge in [-0.3, -0.25) is 4.79 Å². The van der Waals surface area contributed by atoms with E-state index in [1.165, 1.54) is 6.07 Å².